The second kappa shape index (κ2) is 5.64. The topological polar surface area (TPSA) is 75.6 Å². The van der Waals surface area contributed by atoms with Crippen LogP contribution in [0.3, 0.4) is 0 Å². The van der Waals surface area contributed by atoms with Gasteiger partial charge in [-0.3, -0.25) is 9.59 Å². The second-order valence-corrected chi connectivity index (χ2v) is 5.96. The Hall–Kier alpha value is -2.02. The normalized spacial score (nSPS) is 24.6. The minimum atomic E-state index is -0.337. The lowest BCUT2D eigenvalue weighted by atomic mass is 9.82. The number of piperidine rings is 1. The molecule has 0 N–H and O–H groups in total. The number of aromatic nitrogens is 2. The van der Waals surface area contributed by atoms with Crippen molar-refractivity contribution < 1.29 is 14.3 Å². The smallest absolute Gasteiger partial charge is 0.255 e. The molecule has 1 aromatic rings. The molecule has 0 bridgehead atoms. The maximum absolute atomic E-state index is 12.4. The van der Waals surface area contributed by atoms with Gasteiger partial charge in [-0.15, -0.1) is 0 Å². The summed E-state index contributed by atoms with van der Waals surface area (Å²) in [5.74, 6) is -0.0165. The lowest BCUT2D eigenvalue weighted by Crippen LogP contribution is -2.63. The number of morpholine rings is 1. The van der Waals surface area contributed by atoms with Gasteiger partial charge in [-0.25, -0.2) is 0 Å². The molecule has 0 radical (unpaired) electrons. The Morgan fingerprint density at radius 1 is 1.36 bits per heavy atom. The molecule has 1 spiro atoms. The van der Waals surface area contributed by atoms with E-state index in [4.69, 9.17) is 4.74 Å². The SMILES string of the molecule is CC1N(C)C(=O)COC12CCN(C(=O)c1ccnnc1)CC2. The molecule has 7 nitrogen and oxygen atoms in total. The Bertz CT molecular complexity index is 569. The minimum Gasteiger partial charge on any atom is -0.363 e. The molecule has 0 saturated carbocycles. The van der Waals surface area contributed by atoms with Gasteiger partial charge in [0.1, 0.15) is 6.61 Å². The average molecular weight is 304 g/mol. The Kier molecular flexibility index (Phi) is 3.82. The summed E-state index contributed by atoms with van der Waals surface area (Å²) in [4.78, 5) is 27.7. The van der Waals surface area contributed by atoms with E-state index in [-0.39, 0.29) is 30.1 Å². The van der Waals surface area contributed by atoms with Gasteiger partial charge in [0.05, 0.1) is 29.6 Å². The van der Waals surface area contributed by atoms with Crippen molar-refractivity contribution in [2.45, 2.75) is 31.4 Å². The zero-order chi connectivity index (χ0) is 15.7. The molecule has 1 atom stereocenters. The molecule has 2 amide bonds. The minimum absolute atomic E-state index is 0.0134. The van der Waals surface area contributed by atoms with E-state index in [1.807, 2.05) is 18.9 Å². The summed E-state index contributed by atoms with van der Waals surface area (Å²) in [5, 5.41) is 7.44. The molecule has 118 valence electrons. The molecule has 3 heterocycles. The number of hydrogen-bond acceptors (Lipinski definition) is 5. The highest BCUT2D eigenvalue weighted by Crippen LogP contribution is 2.35. The van der Waals surface area contributed by atoms with E-state index >= 15 is 0 Å². The van der Waals surface area contributed by atoms with E-state index in [1.54, 1.807) is 11.0 Å². The molecule has 22 heavy (non-hydrogen) atoms. The van der Waals surface area contributed by atoms with Crippen LogP contribution in [-0.4, -0.2) is 70.2 Å². The third kappa shape index (κ3) is 2.45. The second-order valence-electron chi connectivity index (χ2n) is 5.96. The van der Waals surface area contributed by atoms with Gasteiger partial charge >= 0.3 is 0 Å². The molecule has 2 saturated heterocycles. The van der Waals surface area contributed by atoms with Crippen LogP contribution in [0.2, 0.25) is 0 Å². The molecule has 2 fully saturated rings. The summed E-state index contributed by atoms with van der Waals surface area (Å²) < 4.78 is 5.88. The largest absolute Gasteiger partial charge is 0.363 e. The molecule has 2 aliphatic heterocycles. The molecule has 2 aliphatic rings. The average Bonchev–Trinajstić information content (AvgIpc) is 2.57. The quantitative estimate of drug-likeness (QED) is 0.747. The zero-order valence-corrected chi connectivity index (χ0v) is 12.9. The summed E-state index contributed by atoms with van der Waals surface area (Å²) in [6, 6.07) is 1.69. The lowest BCUT2D eigenvalue weighted by molar-refractivity contribution is -0.181. The van der Waals surface area contributed by atoms with E-state index in [1.165, 1.54) is 12.4 Å². The van der Waals surface area contributed by atoms with Crippen molar-refractivity contribution in [2.24, 2.45) is 0 Å². The number of likely N-dealkylation sites (N-methyl/N-ethyl adjacent to an activating group) is 1. The first kappa shape index (κ1) is 14.9. The van der Waals surface area contributed by atoms with Crippen molar-refractivity contribution in [1.29, 1.82) is 0 Å². The van der Waals surface area contributed by atoms with Gasteiger partial charge in [-0.1, -0.05) is 0 Å². The zero-order valence-electron chi connectivity index (χ0n) is 12.9. The number of ether oxygens (including phenoxy) is 1. The molecule has 1 unspecified atom stereocenters. The fourth-order valence-electron chi connectivity index (χ4n) is 3.25. The number of amides is 2. The first-order valence-electron chi connectivity index (χ1n) is 7.49. The van der Waals surface area contributed by atoms with Crippen molar-refractivity contribution in [1.82, 2.24) is 20.0 Å². The number of hydrogen-bond donors (Lipinski definition) is 0. The van der Waals surface area contributed by atoms with Gasteiger partial charge in [0.2, 0.25) is 5.91 Å². The van der Waals surface area contributed by atoms with Crippen molar-refractivity contribution in [3.8, 4) is 0 Å². The third-order valence-corrected chi connectivity index (χ3v) is 4.95. The molecule has 1 aromatic heterocycles. The van der Waals surface area contributed by atoms with Crippen LogP contribution < -0.4 is 0 Å². The Balaban J connectivity index is 1.68. The van der Waals surface area contributed by atoms with E-state index in [0.29, 0.717) is 18.7 Å². The van der Waals surface area contributed by atoms with Crippen molar-refractivity contribution in [3.63, 3.8) is 0 Å². The number of carbonyl (C=O) groups excluding carboxylic acids is 2. The van der Waals surface area contributed by atoms with Gasteiger partial charge in [0.25, 0.3) is 5.91 Å². The van der Waals surface area contributed by atoms with Crippen LogP contribution in [-0.2, 0) is 9.53 Å². The van der Waals surface area contributed by atoms with E-state index in [2.05, 4.69) is 10.2 Å². The first-order chi connectivity index (χ1) is 10.5. The number of likely N-dealkylation sites (tertiary alicyclic amines) is 1. The fourth-order valence-corrected chi connectivity index (χ4v) is 3.25. The van der Waals surface area contributed by atoms with Gasteiger partial charge in [0.15, 0.2) is 0 Å². The predicted molar refractivity (Wildman–Crippen MR) is 78.1 cm³/mol. The van der Waals surface area contributed by atoms with Gasteiger partial charge in [-0.05, 0) is 25.8 Å². The first-order valence-corrected chi connectivity index (χ1v) is 7.49. The van der Waals surface area contributed by atoms with Gasteiger partial charge < -0.3 is 14.5 Å². The number of carbonyl (C=O) groups is 2. The van der Waals surface area contributed by atoms with Gasteiger partial charge in [-0.2, -0.15) is 10.2 Å². The molecule has 0 aliphatic carbocycles. The van der Waals surface area contributed by atoms with E-state index in [9.17, 15) is 9.59 Å². The van der Waals surface area contributed by atoms with Crippen LogP contribution in [0, 0.1) is 0 Å². The lowest BCUT2D eigenvalue weighted by Gasteiger charge is -2.50. The van der Waals surface area contributed by atoms with Crippen LogP contribution in [0.15, 0.2) is 18.5 Å². The predicted octanol–water partition coefficient (Wildman–Crippen LogP) is 0.328. The van der Waals surface area contributed by atoms with Gasteiger partial charge in [0, 0.05) is 20.1 Å². The molecule has 0 aromatic carbocycles. The van der Waals surface area contributed by atoms with E-state index in [0.717, 1.165) is 12.8 Å². The summed E-state index contributed by atoms with van der Waals surface area (Å²) in [6.45, 7) is 3.38. The van der Waals surface area contributed by atoms with E-state index < -0.39 is 0 Å². The number of nitrogens with zero attached hydrogens (tertiary/aromatic N) is 4. The highest BCUT2D eigenvalue weighted by Gasteiger charge is 2.47. The maximum atomic E-state index is 12.4. The van der Waals surface area contributed by atoms with Crippen LogP contribution in [0.1, 0.15) is 30.1 Å². The molecular formula is C15H20N4O3. The Labute approximate surface area is 129 Å². The van der Waals surface area contributed by atoms with Crippen molar-refractivity contribution >= 4 is 11.8 Å². The Morgan fingerprint density at radius 2 is 2.09 bits per heavy atom. The van der Waals surface area contributed by atoms with Crippen LogP contribution in [0.4, 0.5) is 0 Å². The molecule has 3 rings (SSSR count). The summed E-state index contributed by atoms with van der Waals surface area (Å²) >= 11 is 0. The third-order valence-electron chi connectivity index (χ3n) is 4.95. The highest BCUT2D eigenvalue weighted by atomic mass is 16.5. The van der Waals surface area contributed by atoms with Crippen LogP contribution in [0.5, 0.6) is 0 Å². The monoisotopic (exact) mass is 304 g/mol. The van der Waals surface area contributed by atoms with Crippen LogP contribution in [0.25, 0.3) is 0 Å². The Morgan fingerprint density at radius 3 is 2.73 bits per heavy atom. The summed E-state index contributed by atoms with van der Waals surface area (Å²) in [5.41, 5.74) is 0.214. The van der Waals surface area contributed by atoms with Crippen molar-refractivity contribution in [2.75, 3.05) is 26.7 Å². The standard InChI is InChI=1S/C15H20N4O3/c1-11-15(22-10-13(20)18(11)2)4-7-19(8-5-15)14(21)12-3-6-16-17-9-12/h3,6,9,11H,4-5,7-8,10H2,1-2H3. The number of rotatable bonds is 1. The molecular weight excluding hydrogens is 284 g/mol. The fraction of sp³-hybridized carbons (Fsp3) is 0.600. The molecule has 7 heteroatoms. The highest BCUT2D eigenvalue weighted by molar-refractivity contribution is 5.93. The maximum Gasteiger partial charge on any atom is 0.255 e. The van der Waals surface area contributed by atoms with Crippen molar-refractivity contribution in [3.05, 3.63) is 24.0 Å². The summed E-state index contributed by atoms with van der Waals surface area (Å²) in [6.07, 6.45) is 4.47. The van der Waals surface area contributed by atoms with Crippen LogP contribution >= 0.6 is 0 Å². The summed E-state index contributed by atoms with van der Waals surface area (Å²) in [7, 11) is 1.82.